The molecule has 0 aliphatic heterocycles. The number of rotatable bonds is 6. The number of hydrogen-bond donors (Lipinski definition) is 2. The van der Waals surface area contributed by atoms with Crippen molar-refractivity contribution in [1.29, 1.82) is 0 Å². The molecular weight excluding hydrogens is 376 g/mol. The molecule has 2 aromatic carbocycles. The second-order valence-corrected chi connectivity index (χ2v) is 5.59. The Kier molecular flexibility index (Phi) is 6.20. The van der Waals surface area contributed by atoms with Crippen molar-refractivity contribution < 1.29 is 19.4 Å². The molecule has 2 N–H and O–H groups in total. The van der Waals surface area contributed by atoms with Crippen LogP contribution < -0.4 is 14.9 Å². The Bertz CT molecular complexity index is 762. The van der Waals surface area contributed by atoms with Crippen LogP contribution >= 0.6 is 15.9 Å². The van der Waals surface area contributed by atoms with Crippen LogP contribution in [0.4, 0.5) is 0 Å². The maximum Gasteiger partial charge on any atom is 0.275 e. The highest BCUT2D eigenvalue weighted by Gasteiger charge is 2.11. The van der Waals surface area contributed by atoms with E-state index in [1.807, 2.05) is 6.92 Å². The van der Waals surface area contributed by atoms with E-state index in [9.17, 15) is 9.90 Å². The summed E-state index contributed by atoms with van der Waals surface area (Å²) >= 11 is 3.32. The summed E-state index contributed by atoms with van der Waals surface area (Å²) in [6.07, 6.45) is 1.34. The van der Waals surface area contributed by atoms with Crippen molar-refractivity contribution in [3.05, 3.63) is 52.0 Å². The van der Waals surface area contributed by atoms with Gasteiger partial charge in [-0.1, -0.05) is 28.1 Å². The first kappa shape index (κ1) is 17.8. The summed E-state index contributed by atoms with van der Waals surface area (Å²) in [7, 11) is 1.45. The molecule has 7 heteroatoms. The fraction of sp³-hybridized carbons (Fsp3) is 0.176. The van der Waals surface area contributed by atoms with Crippen LogP contribution in [0.15, 0.2) is 46.0 Å². The Labute approximate surface area is 148 Å². The van der Waals surface area contributed by atoms with Crippen LogP contribution in [0, 0.1) is 0 Å². The lowest BCUT2D eigenvalue weighted by Crippen LogP contribution is -2.18. The zero-order valence-electron chi connectivity index (χ0n) is 13.2. The molecule has 24 heavy (non-hydrogen) atoms. The molecule has 0 fully saturated rings. The summed E-state index contributed by atoms with van der Waals surface area (Å²) in [4.78, 5) is 12.2. The number of amides is 1. The third-order valence-electron chi connectivity index (χ3n) is 3.09. The van der Waals surface area contributed by atoms with E-state index in [2.05, 4.69) is 26.5 Å². The standard InChI is InChI=1S/C17H17BrN2O4/c1-3-24-14-7-5-4-6-13(14)17(22)20-19-10-11-8-12(18)9-15(23-2)16(11)21/h4-10,21H,3H2,1-2H3,(H,20,22)/b19-10+. The smallest absolute Gasteiger partial charge is 0.275 e. The van der Waals surface area contributed by atoms with Crippen LogP contribution in [0.1, 0.15) is 22.8 Å². The molecule has 2 rings (SSSR count). The number of hydrogen-bond acceptors (Lipinski definition) is 5. The van der Waals surface area contributed by atoms with E-state index < -0.39 is 5.91 Å². The van der Waals surface area contributed by atoms with Crippen molar-refractivity contribution in [1.82, 2.24) is 5.43 Å². The molecule has 0 saturated carbocycles. The molecule has 0 saturated heterocycles. The maximum atomic E-state index is 12.2. The van der Waals surface area contributed by atoms with Gasteiger partial charge in [-0.05, 0) is 31.2 Å². The van der Waals surface area contributed by atoms with Crippen LogP contribution in [0.2, 0.25) is 0 Å². The molecule has 0 unspecified atom stereocenters. The second kappa shape index (κ2) is 8.35. The molecule has 0 spiro atoms. The van der Waals surface area contributed by atoms with Crippen LogP contribution in [0.25, 0.3) is 0 Å². The third kappa shape index (κ3) is 4.26. The predicted molar refractivity (Wildman–Crippen MR) is 95.0 cm³/mol. The Morgan fingerprint density at radius 1 is 1.33 bits per heavy atom. The molecule has 0 aliphatic carbocycles. The highest BCUT2D eigenvalue weighted by atomic mass is 79.9. The average Bonchev–Trinajstić information content (AvgIpc) is 2.58. The molecule has 126 valence electrons. The molecule has 0 radical (unpaired) electrons. The molecule has 0 aromatic heterocycles. The van der Waals surface area contributed by atoms with Crippen molar-refractivity contribution in [3.63, 3.8) is 0 Å². The summed E-state index contributed by atoms with van der Waals surface area (Å²) < 4.78 is 11.2. The van der Waals surface area contributed by atoms with Crippen LogP contribution in [-0.4, -0.2) is 30.9 Å². The molecular formula is C17H17BrN2O4. The van der Waals surface area contributed by atoms with Crippen molar-refractivity contribution in [2.75, 3.05) is 13.7 Å². The topological polar surface area (TPSA) is 80.2 Å². The number of phenols is 1. The number of methoxy groups -OCH3 is 1. The minimum Gasteiger partial charge on any atom is -0.504 e. The van der Waals surface area contributed by atoms with E-state index in [0.29, 0.717) is 33.7 Å². The zero-order valence-corrected chi connectivity index (χ0v) is 14.8. The average molecular weight is 393 g/mol. The van der Waals surface area contributed by atoms with Crippen molar-refractivity contribution >= 4 is 28.1 Å². The van der Waals surface area contributed by atoms with Crippen LogP contribution in [-0.2, 0) is 0 Å². The first-order valence-electron chi connectivity index (χ1n) is 7.18. The lowest BCUT2D eigenvalue weighted by Gasteiger charge is -2.08. The van der Waals surface area contributed by atoms with Gasteiger partial charge in [-0.15, -0.1) is 0 Å². The summed E-state index contributed by atoms with van der Waals surface area (Å²) in [5.74, 6) is 0.323. The second-order valence-electron chi connectivity index (χ2n) is 4.67. The van der Waals surface area contributed by atoms with Crippen LogP contribution in [0.5, 0.6) is 17.2 Å². The minimum absolute atomic E-state index is 0.0617. The van der Waals surface area contributed by atoms with Crippen molar-refractivity contribution in [3.8, 4) is 17.2 Å². The summed E-state index contributed by atoms with van der Waals surface area (Å²) in [6, 6.07) is 10.2. The highest BCUT2D eigenvalue weighted by Crippen LogP contribution is 2.32. The number of para-hydroxylation sites is 1. The first-order chi connectivity index (χ1) is 11.6. The van der Waals surface area contributed by atoms with E-state index in [1.165, 1.54) is 13.3 Å². The number of phenolic OH excluding ortho intramolecular Hbond substituents is 1. The van der Waals surface area contributed by atoms with Gasteiger partial charge in [0.2, 0.25) is 0 Å². The van der Waals surface area contributed by atoms with E-state index >= 15 is 0 Å². The molecule has 0 atom stereocenters. The minimum atomic E-state index is -0.406. The molecule has 1 amide bonds. The Morgan fingerprint density at radius 3 is 2.79 bits per heavy atom. The van der Waals surface area contributed by atoms with Gasteiger partial charge < -0.3 is 14.6 Å². The number of halogens is 1. The van der Waals surface area contributed by atoms with E-state index in [4.69, 9.17) is 9.47 Å². The fourth-order valence-corrected chi connectivity index (χ4v) is 2.46. The number of benzene rings is 2. The number of aromatic hydroxyl groups is 1. The lowest BCUT2D eigenvalue weighted by atomic mass is 10.2. The van der Waals surface area contributed by atoms with Gasteiger partial charge in [0.1, 0.15) is 5.75 Å². The van der Waals surface area contributed by atoms with Gasteiger partial charge in [0.25, 0.3) is 5.91 Å². The van der Waals surface area contributed by atoms with Crippen molar-refractivity contribution in [2.24, 2.45) is 5.10 Å². The van der Waals surface area contributed by atoms with E-state index in [0.717, 1.165) is 0 Å². The van der Waals surface area contributed by atoms with Gasteiger partial charge in [-0.3, -0.25) is 4.79 Å². The van der Waals surface area contributed by atoms with E-state index in [1.54, 1.807) is 36.4 Å². The normalized spacial score (nSPS) is 10.6. The maximum absolute atomic E-state index is 12.2. The summed E-state index contributed by atoms with van der Waals surface area (Å²) in [5, 5.41) is 13.9. The lowest BCUT2D eigenvalue weighted by molar-refractivity contribution is 0.0951. The molecule has 0 bridgehead atoms. The van der Waals surface area contributed by atoms with Gasteiger partial charge in [0.15, 0.2) is 11.5 Å². The Balaban J connectivity index is 2.15. The molecule has 0 heterocycles. The number of carbonyl (C=O) groups excluding carboxylic acids is 1. The van der Waals surface area contributed by atoms with Gasteiger partial charge >= 0.3 is 0 Å². The molecule has 0 aliphatic rings. The monoisotopic (exact) mass is 392 g/mol. The number of ether oxygens (including phenoxy) is 2. The predicted octanol–water partition coefficient (Wildman–Crippen LogP) is 3.33. The number of nitrogens with one attached hydrogen (secondary N) is 1. The highest BCUT2D eigenvalue weighted by molar-refractivity contribution is 9.10. The quantitative estimate of drug-likeness (QED) is 0.583. The number of carbonyl (C=O) groups is 1. The van der Waals surface area contributed by atoms with Gasteiger partial charge in [-0.2, -0.15) is 5.10 Å². The van der Waals surface area contributed by atoms with Gasteiger partial charge in [-0.25, -0.2) is 5.43 Å². The third-order valence-corrected chi connectivity index (χ3v) is 3.55. The van der Waals surface area contributed by atoms with Crippen LogP contribution in [0.3, 0.4) is 0 Å². The first-order valence-corrected chi connectivity index (χ1v) is 7.97. The Hall–Kier alpha value is -2.54. The number of hydrazone groups is 1. The largest absolute Gasteiger partial charge is 0.504 e. The van der Waals surface area contributed by atoms with Gasteiger partial charge in [0, 0.05) is 10.0 Å². The van der Waals surface area contributed by atoms with E-state index in [-0.39, 0.29) is 5.75 Å². The SMILES string of the molecule is CCOc1ccccc1C(=O)N/N=C/c1cc(Br)cc(OC)c1O. The summed E-state index contributed by atoms with van der Waals surface area (Å²) in [5.41, 5.74) is 3.20. The van der Waals surface area contributed by atoms with Gasteiger partial charge in [0.05, 0.1) is 25.5 Å². The molecule has 2 aromatic rings. The zero-order chi connectivity index (χ0) is 17.5. The summed E-state index contributed by atoms with van der Waals surface area (Å²) in [6.45, 7) is 2.30. The van der Waals surface area contributed by atoms with Crippen molar-refractivity contribution in [2.45, 2.75) is 6.92 Å². The Morgan fingerprint density at radius 2 is 2.08 bits per heavy atom. The fourth-order valence-electron chi connectivity index (χ4n) is 2.00. The molecule has 6 nitrogen and oxygen atoms in total. The number of nitrogens with zero attached hydrogens (tertiary/aromatic N) is 1.